The zero-order valence-corrected chi connectivity index (χ0v) is 36.7. The molecule has 7 unspecified atom stereocenters. The SMILES string of the molecule is CCCCCCCCC(CCC)SC(=O)C(SC(CCC)CCCCCCCC)(C(C)SC(CCC)CCCCCCCC)C(O)C(O)CO. The van der Waals surface area contributed by atoms with Crippen molar-refractivity contribution in [2.24, 2.45) is 0 Å². The second-order valence-electron chi connectivity index (χ2n) is 15.2. The van der Waals surface area contributed by atoms with Crippen molar-refractivity contribution in [3.05, 3.63) is 0 Å². The van der Waals surface area contributed by atoms with Crippen LogP contribution in [0.15, 0.2) is 0 Å². The van der Waals surface area contributed by atoms with E-state index < -0.39 is 23.6 Å². The first-order chi connectivity index (χ1) is 24.2. The van der Waals surface area contributed by atoms with Crippen molar-refractivity contribution in [3.8, 4) is 0 Å². The molecule has 7 atom stereocenters. The molecule has 0 aromatic heterocycles. The third kappa shape index (κ3) is 22.1. The fourth-order valence-electron chi connectivity index (χ4n) is 7.26. The number of hydrogen-bond acceptors (Lipinski definition) is 7. The number of aliphatic hydroxyl groups is 3. The van der Waals surface area contributed by atoms with Gasteiger partial charge in [0.1, 0.15) is 17.0 Å². The van der Waals surface area contributed by atoms with E-state index in [2.05, 4.69) is 48.5 Å². The molecule has 0 aliphatic heterocycles. The highest BCUT2D eigenvalue weighted by atomic mass is 32.2. The third-order valence-electron chi connectivity index (χ3n) is 10.4. The Balaban J connectivity index is 6.49. The van der Waals surface area contributed by atoms with Crippen molar-refractivity contribution in [1.29, 1.82) is 0 Å². The lowest BCUT2D eigenvalue weighted by Gasteiger charge is -2.45. The minimum atomic E-state index is -1.35. The van der Waals surface area contributed by atoms with E-state index in [0.29, 0.717) is 5.25 Å². The summed E-state index contributed by atoms with van der Waals surface area (Å²) in [6.45, 7) is 15.1. The predicted molar refractivity (Wildman–Crippen MR) is 229 cm³/mol. The van der Waals surface area contributed by atoms with Gasteiger partial charge in [-0.1, -0.05) is 195 Å². The van der Waals surface area contributed by atoms with Crippen LogP contribution in [-0.2, 0) is 4.79 Å². The van der Waals surface area contributed by atoms with Crippen molar-refractivity contribution < 1.29 is 20.1 Å². The minimum absolute atomic E-state index is 0.0331. The first-order valence-electron chi connectivity index (χ1n) is 21.7. The van der Waals surface area contributed by atoms with Crippen LogP contribution in [-0.4, -0.2) is 65.0 Å². The van der Waals surface area contributed by atoms with E-state index in [1.54, 1.807) is 11.8 Å². The van der Waals surface area contributed by atoms with E-state index in [-0.39, 0.29) is 20.9 Å². The Morgan fingerprint density at radius 1 is 0.520 bits per heavy atom. The summed E-state index contributed by atoms with van der Waals surface area (Å²) >= 11 is 5.04. The van der Waals surface area contributed by atoms with Gasteiger partial charge in [0.25, 0.3) is 0 Å². The van der Waals surface area contributed by atoms with Gasteiger partial charge < -0.3 is 15.3 Å². The van der Waals surface area contributed by atoms with E-state index in [4.69, 9.17) is 0 Å². The summed E-state index contributed by atoms with van der Waals surface area (Å²) in [5, 5.41) is 34.2. The van der Waals surface area contributed by atoms with Crippen LogP contribution in [0.1, 0.15) is 222 Å². The fourth-order valence-corrected chi connectivity index (χ4v) is 12.9. The number of carbonyl (C=O) groups excluding carboxylic acids is 1. The molecule has 0 saturated heterocycles. The molecule has 4 nitrogen and oxygen atoms in total. The average molecular weight is 763 g/mol. The summed E-state index contributed by atoms with van der Waals surface area (Å²) in [6.07, 6.45) is 29.2. The Kier molecular flexibility index (Phi) is 34.5. The smallest absolute Gasteiger partial charge is 0.209 e. The van der Waals surface area contributed by atoms with Crippen LogP contribution < -0.4 is 0 Å². The fraction of sp³-hybridized carbons (Fsp3) is 0.977. The maximum Gasteiger partial charge on any atom is 0.209 e. The zero-order valence-electron chi connectivity index (χ0n) is 34.2. The molecule has 7 heteroatoms. The molecule has 0 rings (SSSR count). The molecule has 0 aliphatic rings. The molecule has 0 fully saturated rings. The van der Waals surface area contributed by atoms with Gasteiger partial charge in [-0.25, -0.2) is 0 Å². The Labute approximate surface area is 325 Å². The van der Waals surface area contributed by atoms with Crippen molar-refractivity contribution in [2.45, 2.75) is 260 Å². The molecular formula is C43H86O4S3. The normalized spacial score (nSPS) is 16.8. The van der Waals surface area contributed by atoms with E-state index >= 15 is 4.79 Å². The number of carbonyl (C=O) groups is 1. The Hall–Kier alpha value is 0.600. The molecular weight excluding hydrogens is 677 g/mol. The molecule has 300 valence electrons. The highest BCUT2D eigenvalue weighted by Crippen LogP contribution is 2.50. The van der Waals surface area contributed by atoms with E-state index in [1.165, 1.54) is 114 Å². The zero-order chi connectivity index (χ0) is 37.5. The van der Waals surface area contributed by atoms with Gasteiger partial charge in [-0.05, 0) is 38.5 Å². The molecule has 3 N–H and O–H groups in total. The lowest BCUT2D eigenvalue weighted by Crippen LogP contribution is -2.59. The Bertz CT molecular complexity index is 756. The van der Waals surface area contributed by atoms with Gasteiger partial charge in [0.2, 0.25) is 5.12 Å². The van der Waals surface area contributed by atoms with E-state index in [1.807, 2.05) is 11.8 Å². The predicted octanol–water partition coefficient (Wildman–Crippen LogP) is 13.3. The topological polar surface area (TPSA) is 77.8 Å². The molecule has 0 aliphatic carbocycles. The first kappa shape index (κ1) is 50.6. The lowest BCUT2D eigenvalue weighted by atomic mass is 9.94. The summed E-state index contributed by atoms with van der Waals surface area (Å²) in [5.74, 6) is 0. The molecule has 0 heterocycles. The van der Waals surface area contributed by atoms with E-state index in [0.717, 1.165) is 70.6 Å². The van der Waals surface area contributed by atoms with Crippen molar-refractivity contribution in [3.63, 3.8) is 0 Å². The molecule has 0 saturated carbocycles. The molecule has 0 radical (unpaired) electrons. The van der Waals surface area contributed by atoms with Crippen LogP contribution in [0.3, 0.4) is 0 Å². The van der Waals surface area contributed by atoms with E-state index in [9.17, 15) is 15.3 Å². The molecule has 0 spiro atoms. The first-order valence-corrected chi connectivity index (χ1v) is 24.4. The third-order valence-corrected chi connectivity index (χ3v) is 15.7. The standard InChI is InChI=1S/C43H86O4S3/c1-8-14-17-20-23-26-32-37(29-11-4)48-36(7)43(41(46)40(45)35-44,50-39(31-13-6)34-28-25-22-19-16-10-3)42(47)49-38(30-12-5)33-27-24-21-18-15-9-2/h36-41,44-46H,8-35H2,1-7H3. The second-order valence-corrected chi connectivity index (χ2v) is 19.7. The quantitative estimate of drug-likeness (QED) is 0.0544. The van der Waals surface area contributed by atoms with Crippen LogP contribution in [0.4, 0.5) is 0 Å². The summed E-state index contributed by atoms with van der Waals surface area (Å²) in [4.78, 5) is 15.1. The Morgan fingerprint density at radius 2 is 0.900 bits per heavy atom. The molecule has 50 heavy (non-hydrogen) atoms. The van der Waals surface area contributed by atoms with Crippen LogP contribution in [0.25, 0.3) is 0 Å². The monoisotopic (exact) mass is 763 g/mol. The molecule has 0 aromatic carbocycles. The van der Waals surface area contributed by atoms with Crippen molar-refractivity contribution in [1.82, 2.24) is 0 Å². The van der Waals surface area contributed by atoms with Gasteiger partial charge in [-0.15, -0.1) is 11.8 Å². The average Bonchev–Trinajstić information content (AvgIpc) is 3.10. The number of thioether (sulfide) groups is 3. The molecule has 0 aromatic rings. The molecule has 0 amide bonds. The highest BCUT2D eigenvalue weighted by molar-refractivity contribution is 8.17. The minimum Gasteiger partial charge on any atom is -0.394 e. The van der Waals surface area contributed by atoms with Gasteiger partial charge in [0.05, 0.1) is 6.61 Å². The molecule has 0 bridgehead atoms. The largest absolute Gasteiger partial charge is 0.394 e. The van der Waals surface area contributed by atoms with Gasteiger partial charge in [-0.3, -0.25) is 4.79 Å². The Morgan fingerprint density at radius 3 is 1.34 bits per heavy atom. The van der Waals surface area contributed by atoms with Crippen molar-refractivity contribution >= 4 is 40.4 Å². The lowest BCUT2D eigenvalue weighted by molar-refractivity contribution is -0.119. The number of aliphatic hydroxyl groups excluding tert-OH is 3. The van der Waals surface area contributed by atoms with Crippen LogP contribution in [0.5, 0.6) is 0 Å². The second kappa shape index (κ2) is 34.1. The number of hydrogen-bond donors (Lipinski definition) is 3. The maximum atomic E-state index is 15.1. The number of unbranched alkanes of at least 4 members (excludes halogenated alkanes) is 15. The summed E-state index contributed by atoms with van der Waals surface area (Å²) in [7, 11) is 0. The van der Waals surface area contributed by atoms with Crippen LogP contribution in [0, 0.1) is 0 Å². The maximum absolute atomic E-state index is 15.1. The van der Waals surface area contributed by atoms with Gasteiger partial charge in [0, 0.05) is 21.0 Å². The highest BCUT2D eigenvalue weighted by Gasteiger charge is 2.54. The van der Waals surface area contributed by atoms with Crippen LogP contribution >= 0.6 is 35.3 Å². The number of rotatable bonds is 37. The van der Waals surface area contributed by atoms with Gasteiger partial charge in [0.15, 0.2) is 0 Å². The van der Waals surface area contributed by atoms with Gasteiger partial charge >= 0.3 is 0 Å². The van der Waals surface area contributed by atoms with Crippen molar-refractivity contribution in [2.75, 3.05) is 6.61 Å². The van der Waals surface area contributed by atoms with Gasteiger partial charge in [-0.2, -0.15) is 11.8 Å². The van der Waals surface area contributed by atoms with Crippen LogP contribution in [0.2, 0.25) is 0 Å². The summed E-state index contributed by atoms with van der Waals surface area (Å²) < 4.78 is -1.19. The summed E-state index contributed by atoms with van der Waals surface area (Å²) in [6, 6.07) is 0. The summed E-state index contributed by atoms with van der Waals surface area (Å²) in [5.41, 5.74) is 0.